The third-order valence-electron chi connectivity index (χ3n) is 4.53. The molecule has 0 radical (unpaired) electrons. The Hall–Kier alpha value is -2.41. The van der Waals surface area contributed by atoms with Gasteiger partial charge in [0.25, 0.3) is 0 Å². The average Bonchev–Trinajstić information content (AvgIpc) is 2.94. The zero-order valence-electron chi connectivity index (χ0n) is 15.6. The number of pyridine rings is 1. The van der Waals surface area contributed by atoms with Crippen LogP contribution >= 0.6 is 15.9 Å². The van der Waals surface area contributed by atoms with Crippen LogP contribution in [0.3, 0.4) is 0 Å². The van der Waals surface area contributed by atoms with Crippen molar-refractivity contribution in [1.82, 2.24) is 14.1 Å². The van der Waals surface area contributed by atoms with Crippen LogP contribution in [0.1, 0.15) is 26.7 Å². The first-order valence-corrected chi connectivity index (χ1v) is 9.96. The molecular weight excluding hydrogens is 408 g/mol. The van der Waals surface area contributed by atoms with Gasteiger partial charge in [-0.25, -0.2) is 9.78 Å². The summed E-state index contributed by atoms with van der Waals surface area (Å²) >= 11 is 3.35. The summed E-state index contributed by atoms with van der Waals surface area (Å²) < 4.78 is 4.35. The lowest BCUT2D eigenvalue weighted by Crippen LogP contribution is -2.33. The largest absolute Gasteiger partial charge is 0.329 e. The summed E-state index contributed by atoms with van der Waals surface area (Å²) in [5.74, 6) is 0.568. The molecule has 0 saturated carbocycles. The molecule has 1 aromatic carbocycles. The van der Waals surface area contributed by atoms with Crippen molar-refractivity contribution in [3.05, 3.63) is 57.6 Å². The van der Waals surface area contributed by atoms with Gasteiger partial charge in [-0.3, -0.25) is 18.8 Å². The van der Waals surface area contributed by atoms with Crippen LogP contribution < -0.4 is 10.6 Å². The molecule has 27 heavy (non-hydrogen) atoms. The van der Waals surface area contributed by atoms with Crippen LogP contribution in [-0.2, 0) is 17.9 Å². The summed E-state index contributed by atoms with van der Waals surface area (Å²) in [5.41, 5.74) is 1.72. The molecule has 6 nitrogen and oxygen atoms in total. The summed E-state index contributed by atoms with van der Waals surface area (Å²) in [6.07, 6.45) is 2.80. The minimum Gasteiger partial charge on any atom is -0.297 e. The second-order valence-corrected chi connectivity index (χ2v) is 7.21. The van der Waals surface area contributed by atoms with Crippen LogP contribution in [0.25, 0.3) is 11.0 Å². The lowest BCUT2D eigenvalue weighted by atomic mass is 10.3. The molecule has 0 atom stereocenters. The molecule has 2 heterocycles. The minimum atomic E-state index is -0.0596. The van der Waals surface area contributed by atoms with Crippen molar-refractivity contribution < 1.29 is 4.79 Å². The van der Waals surface area contributed by atoms with Crippen molar-refractivity contribution in [3.63, 3.8) is 0 Å². The van der Waals surface area contributed by atoms with Crippen LogP contribution in [0, 0.1) is 0 Å². The number of carbonyl (C=O) groups is 1. The van der Waals surface area contributed by atoms with Crippen molar-refractivity contribution in [2.75, 3.05) is 11.4 Å². The standard InChI is InChI=1S/C20H23BrN4O2/c1-3-12-24-16-7-5-6-8-17(16)25(20(24)27)13-11-19(26)23(4-2)18-10-9-15(21)14-22-18/h5-10,14H,3-4,11-13H2,1-2H3. The predicted octanol–water partition coefficient (Wildman–Crippen LogP) is 3.81. The van der Waals surface area contributed by atoms with Crippen molar-refractivity contribution in [2.45, 2.75) is 39.8 Å². The van der Waals surface area contributed by atoms with Gasteiger partial charge in [0, 0.05) is 36.7 Å². The molecule has 3 rings (SSSR count). The fourth-order valence-electron chi connectivity index (χ4n) is 3.26. The van der Waals surface area contributed by atoms with Crippen LogP contribution in [0.2, 0.25) is 0 Å². The van der Waals surface area contributed by atoms with E-state index in [4.69, 9.17) is 0 Å². The molecule has 0 aliphatic rings. The Morgan fingerprint density at radius 2 is 1.74 bits per heavy atom. The van der Waals surface area contributed by atoms with Gasteiger partial charge in [-0.2, -0.15) is 0 Å². The first kappa shape index (κ1) is 19.4. The van der Waals surface area contributed by atoms with Crippen LogP contribution in [0.4, 0.5) is 5.82 Å². The third kappa shape index (κ3) is 3.98. The minimum absolute atomic E-state index is 0.0495. The van der Waals surface area contributed by atoms with Crippen LogP contribution in [0.15, 0.2) is 51.9 Å². The highest BCUT2D eigenvalue weighted by Gasteiger charge is 2.17. The van der Waals surface area contributed by atoms with Gasteiger partial charge in [-0.05, 0) is 53.5 Å². The Bertz CT molecular complexity index is 991. The molecule has 0 bridgehead atoms. The SMILES string of the molecule is CCCn1c(=O)n(CCC(=O)N(CC)c2ccc(Br)cn2)c2ccccc21. The van der Waals surface area contributed by atoms with E-state index in [2.05, 4.69) is 20.9 Å². The predicted molar refractivity (Wildman–Crippen MR) is 111 cm³/mol. The maximum Gasteiger partial charge on any atom is 0.329 e. The molecule has 142 valence electrons. The molecule has 0 aliphatic carbocycles. The third-order valence-corrected chi connectivity index (χ3v) is 5.00. The number of hydrogen-bond acceptors (Lipinski definition) is 3. The molecule has 0 fully saturated rings. The van der Waals surface area contributed by atoms with E-state index in [0.717, 1.165) is 21.9 Å². The number of imidazole rings is 1. The topological polar surface area (TPSA) is 60.1 Å². The summed E-state index contributed by atoms with van der Waals surface area (Å²) in [5, 5.41) is 0. The van der Waals surface area contributed by atoms with E-state index in [1.165, 1.54) is 0 Å². The fraction of sp³-hybridized carbons (Fsp3) is 0.350. The number of aromatic nitrogens is 3. The van der Waals surface area contributed by atoms with E-state index in [1.54, 1.807) is 20.2 Å². The highest BCUT2D eigenvalue weighted by Crippen LogP contribution is 2.17. The smallest absolute Gasteiger partial charge is 0.297 e. The van der Waals surface area contributed by atoms with Gasteiger partial charge in [0.1, 0.15) is 5.82 Å². The number of halogens is 1. The number of amides is 1. The average molecular weight is 431 g/mol. The van der Waals surface area contributed by atoms with E-state index in [-0.39, 0.29) is 18.0 Å². The van der Waals surface area contributed by atoms with E-state index >= 15 is 0 Å². The number of rotatable bonds is 7. The van der Waals surface area contributed by atoms with Crippen molar-refractivity contribution in [2.24, 2.45) is 0 Å². The van der Waals surface area contributed by atoms with Gasteiger partial charge in [-0.1, -0.05) is 19.1 Å². The molecule has 0 aliphatic heterocycles. The monoisotopic (exact) mass is 430 g/mol. The second-order valence-electron chi connectivity index (χ2n) is 6.30. The van der Waals surface area contributed by atoms with Gasteiger partial charge in [-0.15, -0.1) is 0 Å². The van der Waals surface area contributed by atoms with Gasteiger partial charge < -0.3 is 0 Å². The Morgan fingerprint density at radius 3 is 2.30 bits per heavy atom. The quantitative estimate of drug-likeness (QED) is 0.572. The molecule has 1 amide bonds. The number of anilines is 1. The van der Waals surface area contributed by atoms with Gasteiger partial charge in [0.05, 0.1) is 11.0 Å². The molecule has 0 N–H and O–H groups in total. The van der Waals surface area contributed by atoms with Crippen molar-refractivity contribution in [3.8, 4) is 0 Å². The number of benzene rings is 1. The molecule has 7 heteroatoms. The Kier molecular flexibility index (Phi) is 6.11. The lowest BCUT2D eigenvalue weighted by molar-refractivity contribution is -0.118. The molecule has 0 spiro atoms. The highest BCUT2D eigenvalue weighted by atomic mass is 79.9. The normalized spacial score (nSPS) is 11.1. The maximum atomic E-state index is 12.8. The zero-order chi connectivity index (χ0) is 19.4. The van der Waals surface area contributed by atoms with E-state index in [1.807, 2.05) is 50.2 Å². The van der Waals surface area contributed by atoms with E-state index in [0.29, 0.717) is 25.5 Å². The summed E-state index contributed by atoms with van der Waals surface area (Å²) in [4.78, 5) is 31.5. The molecule has 0 saturated heterocycles. The number of carbonyl (C=O) groups excluding carboxylic acids is 1. The summed E-state index contributed by atoms with van der Waals surface area (Å²) in [7, 11) is 0. The van der Waals surface area contributed by atoms with Gasteiger partial charge in [0.15, 0.2) is 0 Å². The Morgan fingerprint density at radius 1 is 1.07 bits per heavy atom. The lowest BCUT2D eigenvalue weighted by Gasteiger charge is -2.20. The van der Waals surface area contributed by atoms with Gasteiger partial charge >= 0.3 is 5.69 Å². The zero-order valence-corrected chi connectivity index (χ0v) is 17.1. The van der Waals surface area contributed by atoms with E-state index in [9.17, 15) is 9.59 Å². The number of fused-ring (bicyclic) bond motifs is 1. The second kappa shape index (κ2) is 8.52. The molecular formula is C20H23BrN4O2. The molecule has 2 aromatic heterocycles. The Balaban J connectivity index is 1.83. The molecule has 0 unspecified atom stereocenters. The van der Waals surface area contributed by atoms with Crippen molar-refractivity contribution in [1.29, 1.82) is 0 Å². The number of hydrogen-bond donors (Lipinski definition) is 0. The van der Waals surface area contributed by atoms with E-state index < -0.39 is 0 Å². The van der Waals surface area contributed by atoms with Crippen LogP contribution in [-0.4, -0.2) is 26.6 Å². The molecule has 3 aromatic rings. The first-order valence-electron chi connectivity index (χ1n) is 9.16. The summed E-state index contributed by atoms with van der Waals surface area (Å²) in [6, 6.07) is 11.4. The van der Waals surface area contributed by atoms with Gasteiger partial charge in [0.2, 0.25) is 5.91 Å². The number of para-hydroxylation sites is 2. The highest BCUT2D eigenvalue weighted by molar-refractivity contribution is 9.10. The van der Waals surface area contributed by atoms with Crippen molar-refractivity contribution >= 4 is 38.7 Å². The fourth-order valence-corrected chi connectivity index (χ4v) is 3.50. The summed E-state index contributed by atoms with van der Waals surface area (Å²) in [6.45, 7) is 5.51. The number of aryl methyl sites for hydroxylation is 2. The maximum absolute atomic E-state index is 12.8. The Labute approximate surface area is 166 Å². The first-order chi connectivity index (χ1) is 13.1. The number of nitrogens with zero attached hydrogens (tertiary/aromatic N) is 4. The van der Waals surface area contributed by atoms with Crippen LogP contribution in [0.5, 0.6) is 0 Å².